The molecule has 0 saturated heterocycles. The van der Waals surface area contributed by atoms with Crippen molar-refractivity contribution in [3.05, 3.63) is 0 Å². The van der Waals surface area contributed by atoms with Crippen molar-refractivity contribution in [3.8, 4) is 0 Å². The molecule has 0 heterocycles. The van der Waals surface area contributed by atoms with Crippen molar-refractivity contribution in [1.82, 2.24) is 16.0 Å². The molecule has 6 heteroatoms. The number of nitrogens with one attached hydrogen (secondary N) is 3. The fourth-order valence-corrected chi connectivity index (χ4v) is 2.63. The molecule has 1 fully saturated rings. The molecule has 0 aliphatic heterocycles. The fourth-order valence-electron chi connectivity index (χ4n) is 2.63. The molecule has 1 saturated carbocycles. The summed E-state index contributed by atoms with van der Waals surface area (Å²) in [6.45, 7) is 10.4. The number of halogens is 1. The second-order valence-corrected chi connectivity index (χ2v) is 6.72. The minimum absolute atomic E-state index is 0. The summed E-state index contributed by atoms with van der Waals surface area (Å²) in [6, 6.07) is 0. The van der Waals surface area contributed by atoms with Gasteiger partial charge >= 0.3 is 0 Å². The van der Waals surface area contributed by atoms with Crippen molar-refractivity contribution in [2.75, 3.05) is 26.7 Å². The van der Waals surface area contributed by atoms with E-state index in [0.29, 0.717) is 12.0 Å². The van der Waals surface area contributed by atoms with Crippen molar-refractivity contribution in [1.29, 1.82) is 0 Å². The monoisotopic (exact) mass is 424 g/mol. The van der Waals surface area contributed by atoms with Gasteiger partial charge in [-0.15, -0.1) is 24.0 Å². The number of carbonyl (C=O) groups excluding carboxylic acids is 1. The lowest BCUT2D eigenvalue weighted by atomic mass is 9.67. The predicted molar refractivity (Wildman–Crippen MR) is 104 cm³/mol. The number of rotatable bonds is 7. The predicted octanol–water partition coefficient (Wildman–Crippen LogP) is 2.51. The average molecular weight is 424 g/mol. The highest BCUT2D eigenvalue weighted by molar-refractivity contribution is 14.0. The van der Waals surface area contributed by atoms with E-state index in [1.807, 2.05) is 13.8 Å². The molecular formula is C16H33IN4O. The van der Waals surface area contributed by atoms with Gasteiger partial charge < -0.3 is 16.0 Å². The summed E-state index contributed by atoms with van der Waals surface area (Å²) in [7, 11) is 1.67. The smallest absolute Gasteiger partial charge is 0.227 e. The molecule has 1 amide bonds. The maximum atomic E-state index is 11.8. The number of aliphatic imine (C=N–C) groups is 1. The van der Waals surface area contributed by atoms with Crippen molar-refractivity contribution >= 4 is 35.8 Å². The topological polar surface area (TPSA) is 65.5 Å². The Morgan fingerprint density at radius 2 is 1.86 bits per heavy atom. The summed E-state index contributed by atoms with van der Waals surface area (Å²) in [5, 5.41) is 9.41. The van der Waals surface area contributed by atoms with E-state index in [-0.39, 0.29) is 29.9 Å². The number of hydrogen-bond donors (Lipinski definition) is 3. The number of guanidine groups is 1. The van der Waals surface area contributed by atoms with E-state index in [1.165, 1.54) is 25.7 Å². The van der Waals surface area contributed by atoms with Gasteiger partial charge in [0.15, 0.2) is 5.96 Å². The van der Waals surface area contributed by atoms with Crippen LogP contribution in [0.5, 0.6) is 0 Å². The minimum atomic E-state index is -0.490. The number of nitrogens with zero attached hydrogens (tertiary/aromatic N) is 1. The Morgan fingerprint density at radius 1 is 1.23 bits per heavy atom. The summed E-state index contributed by atoms with van der Waals surface area (Å²) in [4.78, 5) is 16.4. The third kappa shape index (κ3) is 5.93. The van der Waals surface area contributed by atoms with E-state index in [0.717, 1.165) is 19.0 Å². The van der Waals surface area contributed by atoms with Gasteiger partial charge in [-0.1, -0.05) is 13.3 Å². The Bertz CT molecular complexity index is 373. The zero-order valence-electron chi connectivity index (χ0n) is 14.7. The van der Waals surface area contributed by atoms with Crippen molar-refractivity contribution < 1.29 is 4.79 Å². The summed E-state index contributed by atoms with van der Waals surface area (Å²) in [5.74, 6) is 0.834. The van der Waals surface area contributed by atoms with E-state index in [1.54, 1.807) is 7.05 Å². The van der Waals surface area contributed by atoms with Gasteiger partial charge in [0.1, 0.15) is 0 Å². The molecule has 0 unspecified atom stereocenters. The Balaban J connectivity index is 0.00000441. The maximum absolute atomic E-state index is 11.8. The molecule has 3 N–H and O–H groups in total. The summed E-state index contributed by atoms with van der Waals surface area (Å²) < 4.78 is 0. The third-order valence-electron chi connectivity index (χ3n) is 4.61. The van der Waals surface area contributed by atoms with Crippen molar-refractivity contribution in [2.45, 2.75) is 53.4 Å². The van der Waals surface area contributed by atoms with Crippen molar-refractivity contribution in [3.63, 3.8) is 0 Å². The standard InChI is InChI=1S/C16H32N4O.HI/c1-6-16(9-8-10-16)12-20-14(18-7-2)19-11-15(3,4)13(21)17-5;/h6-12H2,1-5H3,(H,17,21)(H2,18,19,20);1H. The van der Waals surface area contributed by atoms with Crippen LogP contribution in [0.3, 0.4) is 0 Å². The Hall–Kier alpha value is -0.530. The highest BCUT2D eigenvalue weighted by atomic mass is 127. The molecule has 0 atom stereocenters. The van der Waals surface area contributed by atoms with Crippen LogP contribution in [0.15, 0.2) is 4.99 Å². The molecule has 0 aromatic rings. The zero-order valence-corrected chi connectivity index (χ0v) is 17.0. The summed E-state index contributed by atoms with van der Waals surface area (Å²) in [5.41, 5.74) is -0.0392. The molecular weight excluding hydrogens is 391 g/mol. The van der Waals surface area contributed by atoms with Crippen LogP contribution in [0, 0.1) is 10.8 Å². The second kappa shape index (κ2) is 9.57. The lowest BCUT2D eigenvalue weighted by Gasteiger charge is -2.41. The minimum Gasteiger partial charge on any atom is -0.359 e. The van der Waals surface area contributed by atoms with Gasteiger partial charge in [-0.05, 0) is 45.4 Å². The number of carbonyl (C=O) groups is 1. The lowest BCUT2D eigenvalue weighted by Crippen LogP contribution is -2.47. The molecule has 0 aromatic heterocycles. The van der Waals surface area contributed by atoms with Gasteiger partial charge in [-0.3, -0.25) is 9.79 Å². The van der Waals surface area contributed by atoms with Crippen LogP contribution in [0.25, 0.3) is 0 Å². The molecule has 0 aromatic carbocycles. The molecule has 22 heavy (non-hydrogen) atoms. The first-order valence-corrected chi connectivity index (χ1v) is 8.13. The Labute approximate surface area is 152 Å². The molecule has 1 aliphatic carbocycles. The Morgan fingerprint density at radius 3 is 2.27 bits per heavy atom. The number of amides is 1. The van der Waals surface area contributed by atoms with Gasteiger partial charge in [0.25, 0.3) is 0 Å². The molecule has 0 radical (unpaired) electrons. The fraction of sp³-hybridized carbons (Fsp3) is 0.875. The maximum Gasteiger partial charge on any atom is 0.227 e. The summed E-state index contributed by atoms with van der Waals surface area (Å²) >= 11 is 0. The van der Waals surface area contributed by atoms with Gasteiger partial charge in [-0.2, -0.15) is 0 Å². The lowest BCUT2D eigenvalue weighted by molar-refractivity contribution is -0.128. The highest BCUT2D eigenvalue weighted by Crippen LogP contribution is 2.42. The third-order valence-corrected chi connectivity index (χ3v) is 4.61. The first kappa shape index (κ1) is 21.5. The zero-order chi connectivity index (χ0) is 15.9. The van der Waals surface area contributed by atoms with E-state index < -0.39 is 5.41 Å². The molecule has 1 aliphatic rings. The van der Waals surface area contributed by atoms with E-state index in [4.69, 9.17) is 0 Å². The largest absolute Gasteiger partial charge is 0.359 e. The van der Waals surface area contributed by atoms with Crippen LogP contribution in [-0.4, -0.2) is 38.5 Å². The average Bonchev–Trinajstić information content (AvgIpc) is 2.42. The normalized spacial score (nSPS) is 17.0. The van der Waals surface area contributed by atoms with Gasteiger partial charge in [0.2, 0.25) is 5.91 Å². The van der Waals surface area contributed by atoms with Crippen LogP contribution in [0.4, 0.5) is 0 Å². The molecule has 5 nitrogen and oxygen atoms in total. The number of hydrogen-bond acceptors (Lipinski definition) is 2. The van der Waals surface area contributed by atoms with E-state index in [9.17, 15) is 4.79 Å². The quantitative estimate of drug-likeness (QED) is 0.334. The first-order chi connectivity index (χ1) is 9.89. The van der Waals surface area contributed by atoms with Crippen molar-refractivity contribution in [2.24, 2.45) is 15.8 Å². The second-order valence-electron chi connectivity index (χ2n) is 6.72. The summed E-state index contributed by atoms with van der Waals surface area (Å²) in [6.07, 6.45) is 5.16. The van der Waals surface area contributed by atoms with Crippen LogP contribution in [-0.2, 0) is 4.79 Å². The van der Waals surface area contributed by atoms with Crippen LogP contribution >= 0.6 is 24.0 Å². The highest BCUT2D eigenvalue weighted by Gasteiger charge is 2.35. The van der Waals surface area contributed by atoms with Gasteiger partial charge in [0.05, 0.1) is 12.0 Å². The molecule has 0 bridgehead atoms. The first-order valence-electron chi connectivity index (χ1n) is 8.13. The SMILES string of the molecule is CCNC(=NCC(C)(C)C(=O)NC)NCC1(CC)CCC1.I. The molecule has 0 spiro atoms. The van der Waals surface area contributed by atoms with Crippen LogP contribution in [0.1, 0.15) is 53.4 Å². The van der Waals surface area contributed by atoms with Crippen LogP contribution < -0.4 is 16.0 Å². The molecule has 130 valence electrons. The van der Waals surface area contributed by atoms with Gasteiger partial charge in [0, 0.05) is 20.1 Å². The van der Waals surface area contributed by atoms with Gasteiger partial charge in [-0.25, -0.2) is 0 Å². The van der Waals surface area contributed by atoms with Crippen LogP contribution in [0.2, 0.25) is 0 Å². The Kier molecular flexibility index (Phi) is 9.34. The van der Waals surface area contributed by atoms with E-state index in [2.05, 4.69) is 34.8 Å². The van der Waals surface area contributed by atoms with E-state index >= 15 is 0 Å². The molecule has 1 rings (SSSR count).